The van der Waals surface area contributed by atoms with E-state index in [9.17, 15) is 0 Å². The van der Waals surface area contributed by atoms with Crippen molar-refractivity contribution in [3.05, 3.63) is 179 Å². The number of hydrogen-bond acceptors (Lipinski definition) is 5. The highest BCUT2D eigenvalue weighted by Gasteiger charge is 2.40. The molecule has 0 aliphatic heterocycles. The summed E-state index contributed by atoms with van der Waals surface area (Å²) in [4.78, 5) is 0. The van der Waals surface area contributed by atoms with Crippen LogP contribution in [0.2, 0.25) is 0 Å². The van der Waals surface area contributed by atoms with E-state index in [0.29, 0.717) is 24.3 Å². The first-order valence-corrected chi connectivity index (χ1v) is 22.7. The molecule has 2 aliphatic rings. The largest absolute Gasteiger partial charge is 0.490 e. The second kappa shape index (κ2) is 19.8. The first-order chi connectivity index (χ1) is 30.5. The second-order valence-electron chi connectivity index (χ2n) is 18.4. The highest BCUT2D eigenvalue weighted by atomic mass is 19.1. The highest BCUT2D eigenvalue weighted by Crippen LogP contribution is 2.41. The van der Waals surface area contributed by atoms with Crippen LogP contribution in [0, 0.1) is 11.6 Å². The van der Waals surface area contributed by atoms with Gasteiger partial charge in [-0.2, -0.15) is 0 Å². The van der Waals surface area contributed by atoms with Gasteiger partial charge >= 0.3 is 0 Å². The van der Waals surface area contributed by atoms with Crippen LogP contribution < -0.4 is 18.9 Å². The van der Waals surface area contributed by atoms with Gasteiger partial charge < -0.3 is 23.7 Å². The van der Waals surface area contributed by atoms with Crippen LogP contribution in [0.3, 0.4) is 0 Å². The van der Waals surface area contributed by atoms with Crippen LogP contribution in [0.5, 0.6) is 34.5 Å². The summed E-state index contributed by atoms with van der Waals surface area (Å²) in [5.41, 5.74) is 2.79. The van der Waals surface area contributed by atoms with Crippen molar-refractivity contribution in [3.63, 3.8) is 0 Å². The van der Waals surface area contributed by atoms with Crippen LogP contribution in [0.25, 0.3) is 0 Å². The Labute approximate surface area is 372 Å². The average molecular weight is 851 g/mol. The SMILES string of the molecule is CC(C)(c1ccc(OC2CCCC2)cc1)C(Cc1ccc(F)c(Oc2ccccc2)c1)OC(Cc1ccc(F)c(Oc2ccccc2)c1)C(C)(C)c1ccc(OC2CCCC2)cc1. The van der Waals surface area contributed by atoms with Gasteiger partial charge in [-0.05, 0) is 159 Å². The van der Waals surface area contributed by atoms with Crippen molar-refractivity contribution in [2.24, 2.45) is 0 Å². The van der Waals surface area contributed by atoms with Crippen molar-refractivity contribution < 1.29 is 32.5 Å². The third-order valence-electron chi connectivity index (χ3n) is 13.1. The van der Waals surface area contributed by atoms with Gasteiger partial charge in [0.2, 0.25) is 0 Å². The lowest BCUT2D eigenvalue weighted by Crippen LogP contribution is -2.46. The quantitative estimate of drug-likeness (QED) is 0.0862. The summed E-state index contributed by atoms with van der Waals surface area (Å²) in [6.45, 7) is 8.83. The Bertz CT molecular complexity index is 2200. The molecule has 6 aromatic carbocycles. The number of para-hydroxylation sites is 2. The summed E-state index contributed by atoms with van der Waals surface area (Å²) in [5, 5.41) is 0. The monoisotopic (exact) mass is 850 g/mol. The van der Waals surface area contributed by atoms with Crippen molar-refractivity contribution in [1.29, 1.82) is 0 Å². The minimum Gasteiger partial charge on any atom is -0.490 e. The summed E-state index contributed by atoms with van der Waals surface area (Å²) in [6.07, 6.45) is 9.67. The van der Waals surface area contributed by atoms with E-state index in [1.165, 1.54) is 37.8 Å². The summed E-state index contributed by atoms with van der Waals surface area (Å²) in [6, 6.07) is 45.5. The summed E-state index contributed by atoms with van der Waals surface area (Å²) in [7, 11) is 0. The van der Waals surface area contributed by atoms with E-state index in [-0.39, 0.29) is 23.7 Å². The fraction of sp³-hybridized carbons (Fsp3) is 0.357. The molecule has 2 saturated carbocycles. The van der Waals surface area contributed by atoms with Gasteiger partial charge in [0.05, 0.1) is 24.4 Å². The molecule has 2 aliphatic carbocycles. The minimum atomic E-state index is -0.557. The van der Waals surface area contributed by atoms with E-state index in [1.54, 1.807) is 12.1 Å². The molecule has 2 unspecified atom stereocenters. The Morgan fingerprint density at radius 2 is 0.825 bits per heavy atom. The number of benzene rings is 6. The maximum Gasteiger partial charge on any atom is 0.165 e. The Hall–Kier alpha value is -5.66. The van der Waals surface area contributed by atoms with E-state index in [0.717, 1.165) is 59.4 Å². The fourth-order valence-electron chi connectivity index (χ4n) is 9.01. The molecule has 0 N–H and O–H groups in total. The van der Waals surface area contributed by atoms with Crippen LogP contribution in [-0.4, -0.2) is 24.4 Å². The predicted octanol–water partition coefficient (Wildman–Crippen LogP) is 14.7. The Balaban J connectivity index is 1.16. The van der Waals surface area contributed by atoms with Crippen LogP contribution in [-0.2, 0) is 28.4 Å². The molecule has 0 amide bonds. The van der Waals surface area contributed by atoms with E-state index in [1.807, 2.05) is 72.8 Å². The zero-order valence-electron chi connectivity index (χ0n) is 37.0. The number of halogens is 2. The Kier molecular flexibility index (Phi) is 13.8. The predicted molar refractivity (Wildman–Crippen MR) is 247 cm³/mol. The molecule has 5 nitrogen and oxygen atoms in total. The maximum absolute atomic E-state index is 15.4. The number of rotatable bonds is 18. The van der Waals surface area contributed by atoms with Gasteiger partial charge in [-0.25, -0.2) is 8.78 Å². The van der Waals surface area contributed by atoms with Gasteiger partial charge in [-0.1, -0.05) is 100 Å². The standard InChI is InChI=1S/C56H60F2O5/c1-55(2,41-25-29-47(30-26-41)59-43-19-11-12-20-43)53(37-39-23-33-49(57)51(35-39)61-45-15-7-5-8-16-45)63-54(38-40-24-34-50(58)52(36-40)62-46-17-9-6-10-18-46)56(3,4)42-27-31-48(32-28-42)60-44-21-13-14-22-44/h5-10,15-18,23-36,43-44,53-54H,11-14,19-22,37-38H2,1-4H3. The average Bonchev–Trinajstić information content (AvgIpc) is 4.01. The van der Waals surface area contributed by atoms with Crippen molar-refractivity contribution in [2.45, 2.75) is 127 Å². The van der Waals surface area contributed by atoms with Gasteiger partial charge in [0, 0.05) is 10.8 Å². The van der Waals surface area contributed by atoms with Gasteiger partial charge in [0.25, 0.3) is 0 Å². The number of ether oxygens (including phenoxy) is 5. The molecule has 0 aromatic heterocycles. The van der Waals surface area contributed by atoms with Crippen molar-refractivity contribution in [1.82, 2.24) is 0 Å². The lowest BCUT2D eigenvalue weighted by Gasteiger charge is -2.43. The Morgan fingerprint density at radius 1 is 0.460 bits per heavy atom. The molecule has 0 saturated heterocycles. The minimum absolute atomic E-state index is 0.151. The van der Waals surface area contributed by atoms with Gasteiger partial charge in [0.15, 0.2) is 23.1 Å². The highest BCUT2D eigenvalue weighted by molar-refractivity contribution is 5.40. The van der Waals surface area contributed by atoms with E-state index in [4.69, 9.17) is 23.7 Å². The van der Waals surface area contributed by atoms with Crippen LogP contribution in [0.4, 0.5) is 8.78 Å². The summed E-state index contributed by atoms with van der Waals surface area (Å²) >= 11 is 0. The molecule has 328 valence electrons. The fourth-order valence-corrected chi connectivity index (χ4v) is 9.01. The van der Waals surface area contributed by atoms with E-state index in [2.05, 4.69) is 76.2 Å². The van der Waals surface area contributed by atoms with Crippen LogP contribution in [0.15, 0.2) is 146 Å². The molecule has 7 heteroatoms. The van der Waals surface area contributed by atoms with E-state index >= 15 is 8.78 Å². The maximum atomic E-state index is 15.4. The molecule has 0 heterocycles. The molecular weight excluding hydrogens is 791 g/mol. The molecule has 63 heavy (non-hydrogen) atoms. The lowest BCUT2D eigenvalue weighted by atomic mass is 9.74. The summed E-state index contributed by atoms with van der Waals surface area (Å²) in [5.74, 6) is 2.25. The smallest absolute Gasteiger partial charge is 0.165 e. The Morgan fingerprint density at radius 3 is 1.19 bits per heavy atom. The van der Waals surface area contributed by atoms with Crippen LogP contribution in [0.1, 0.15) is 101 Å². The molecule has 2 fully saturated rings. The third-order valence-corrected chi connectivity index (χ3v) is 13.1. The molecule has 8 rings (SSSR count). The number of hydrogen-bond donors (Lipinski definition) is 0. The molecule has 6 aromatic rings. The molecule has 0 radical (unpaired) electrons. The molecule has 2 atom stereocenters. The van der Waals surface area contributed by atoms with Crippen molar-refractivity contribution in [2.75, 3.05) is 0 Å². The van der Waals surface area contributed by atoms with Gasteiger partial charge in [0.1, 0.15) is 23.0 Å². The lowest BCUT2D eigenvalue weighted by molar-refractivity contribution is -0.0753. The normalized spacial score (nSPS) is 15.8. The summed E-state index contributed by atoms with van der Waals surface area (Å²) < 4.78 is 63.3. The van der Waals surface area contributed by atoms with Crippen molar-refractivity contribution in [3.8, 4) is 34.5 Å². The van der Waals surface area contributed by atoms with E-state index < -0.39 is 34.7 Å². The molecule has 0 spiro atoms. The van der Waals surface area contributed by atoms with Gasteiger partial charge in [-0.3, -0.25) is 0 Å². The third kappa shape index (κ3) is 11.1. The van der Waals surface area contributed by atoms with Crippen molar-refractivity contribution >= 4 is 0 Å². The molecule has 0 bridgehead atoms. The first kappa shape index (κ1) is 44.0. The zero-order valence-corrected chi connectivity index (χ0v) is 37.0. The van der Waals surface area contributed by atoms with Gasteiger partial charge in [-0.15, -0.1) is 0 Å². The second-order valence-corrected chi connectivity index (χ2v) is 18.4. The zero-order chi connectivity index (χ0) is 43.8. The molecular formula is C56H60F2O5. The first-order valence-electron chi connectivity index (χ1n) is 22.7. The van der Waals surface area contributed by atoms with Crippen LogP contribution >= 0.6 is 0 Å². The topological polar surface area (TPSA) is 46.2 Å².